The number of methoxy groups -OCH3 is 2. The van der Waals surface area contributed by atoms with Crippen molar-refractivity contribution in [3.8, 4) is 11.5 Å². The van der Waals surface area contributed by atoms with Gasteiger partial charge in [0.25, 0.3) is 5.56 Å². The van der Waals surface area contributed by atoms with Crippen molar-refractivity contribution in [3.63, 3.8) is 0 Å². The molecule has 1 aliphatic heterocycles. The van der Waals surface area contributed by atoms with Gasteiger partial charge in [-0.2, -0.15) is 4.98 Å². The van der Waals surface area contributed by atoms with Crippen LogP contribution in [0.25, 0.3) is 11.2 Å². The fourth-order valence-electron chi connectivity index (χ4n) is 6.59. The van der Waals surface area contributed by atoms with Crippen LogP contribution in [0, 0.1) is 17.8 Å². The SMILES string of the molecule is COc1ccc(C(OC[C@H]2O[C@@H](n3cnc4c(=O)[nH]c(NC(=O)C(C)C)nc43)[C@H](OC(=O)C(C)C)[C@@H]2OC(=O)C(C)C)(c2ccccc2)c2ccc(OC)cc2)cc1. The second kappa shape index (κ2) is 17.6. The summed E-state index contributed by atoms with van der Waals surface area (Å²) in [5.41, 5.74) is 0.346. The Hall–Kier alpha value is -6.06. The maximum Gasteiger partial charge on any atom is 0.308 e. The standard InChI is InChI=1S/C43H49N5O10/c1-24(2)37(49)46-42-45-36-33(38(50)47-42)44-23-48(36)39-35(58-41(52)26(5)6)34(57-40(51)25(3)4)32(56-39)22-55-43(27-12-10-9-11-13-27,28-14-18-30(53-7)19-15-28)29-16-20-31(54-8)21-17-29/h9-21,23-26,32,34-35,39H,22H2,1-8H3,(H2,45,46,47,49,50)/t32-,34-,35-,39-/m1/s1. The minimum atomic E-state index is -1.28. The molecule has 0 spiro atoms. The highest BCUT2D eigenvalue weighted by atomic mass is 16.7. The monoisotopic (exact) mass is 795 g/mol. The Kier molecular flexibility index (Phi) is 12.6. The molecule has 0 bridgehead atoms. The van der Waals surface area contributed by atoms with Crippen LogP contribution in [0.1, 0.15) is 64.5 Å². The van der Waals surface area contributed by atoms with E-state index in [4.69, 9.17) is 28.4 Å². The van der Waals surface area contributed by atoms with Crippen LogP contribution in [0.2, 0.25) is 0 Å². The number of aromatic nitrogens is 4. The summed E-state index contributed by atoms with van der Waals surface area (Å²) >= 11 is 0. The molecule has 1 fully saturated rings. The van der Waals surface area contributed by atoms with Crippen LogP contribution in [0.4, 0.5) is 5.95 Å². The van der Waals surface area contributed by atoms with E-state index < -0.39 is 65.4 Å². The fraction of sp³-hybridized carbons (Fsp3) is 0.395. The summed E-state index contributed by atoms with van der Waals surface area (Å²) in [6.07, 6.45) is -3.41. The molecule has 2 aromatic heterocycles. The molecule has 3 aromatic carbocycles. The Labute approximate surface area is 336 Å². The number of nitrogens with one attached hydrogen (secondary N) is 2. The molecule has 0 saturated carbocycles. The number of carbonyl (C=O) groups is 3. The summed E-state index contributed by atoms with van der Waals surface area (Å²) in [6, 6.07) is 24.6. The van der Waals surface area contributed by atoms with E-state index in [9.17, 15) is 19.2 Å². The fourth-order valence-corrected chi connectivity index (χ4v) is 6.59. The molecule has 5 aromatic rings. The van der Waals surface area contributed by atoms with Gasteiger partial charge in [-0.3, -0.25) is 34.0 Å². The molecule has 1 amide bonds. The normalized spacial score (nSPS) is 18.1. The van der Waals surface area contributed by atoms with Crippen LogP contribution in [-0.2, 0) is 38.9 Å². The molecule has 2 N–H and O–H groups in total. The Morgan fingerprint density at radius 2 is 1.31 bits per heavy atom. The molecule has 0 aliphatic carbocycles. The highest BCUT2D eigenvalue weighted by Gasteiger charge is 2.53. The summed E-state index contributed by atoms with van der Waals surface area (Å²) in [7, 11) is 3.18. The second-order valence-electron chi connectivity index (χ2n) is 14.9. The number of hydrogen-bond acceptors (Lipinski definition) is 12. The zero-order valence-electron chi connectivity index (χ0n) is 33.8. The van der Waals surface area contributed by atoms with E-state index in [1.165, 1.54) is 10.9 Å². The van der Waals surface area contributed by atoms with Crippen molar-refractivity contribution >= 4 is 35.0 Å². The molecule has 15 nitrogen and oxygen atoms in total. The van der Waals surface area contributed by atoms with Crippen molar-refractivity contribution < 1.29 is 42.8 Å². The van der Waals surface area contributed by atoms with Crippen LogP contribution in [0.5, 0.6) is 11.5 Å². The third kappa shape index (κ3) is 8.46. The lowest BCUT2D eigenvalue weighted by Crippen LogP contribution is -2.44. The number of fused-ring (bicyclic) bond motifs is 1. The minimum Gasteiger partial charge on any atom is -0.497 e. The number of amides is 1. The van der Waals surface area contributed by atoms with Gasteiger partial charge in [-0.25, -0.2) is 4.98 Å². The Bertz CT molecular complexity index is 2220. The Balaban J connectivity index is 1.50. The van der Waals surface area contributed by atoms with Gasteiger partial charge in [0.2, 0.25) is 11.9 Å². The van der Waals surface area contributed by atoms with Crippen LogP contribution < -0.4 is 20.3 Å². The van der Waals surface area contributed by atoms with E-state index in [0.717, 1.165) is 16.7 Å². The summed E-state index contributed by atoms with van der Waals surface area (Å²) in [5.74, 6) is -1.86. The van der Waals surface area contributed by atoms with E-state index in [0.29, 0.717) is 11.5 Å². The summed E-state index contributed by atoms with van der Waals surface area (Å²) < 4.78 is 38.6. The maximum absolute atomic E-state index is 13.4. The lowest BCUT2D eigenvalue weighted by atomic mass is 9.80. The molecule has 0 radical (unpaired) electrons. The molecule has 58 heavy (non-hydrogen) atoms. The van der Waals surface area contributed by atoms with Crippen molar-refractivity contribution in [2.75, 3.05) is 26.1 Å². The van der Waals surface area contributed by atoms with Gasteiger partial charge in [0, 0.05) is 5.92 Å². The highest BCUT2D eigenvalue weighted by Crippen LogP contribution is 2.44. The van der Waals surface area contributed by atoms with Crippen molar-refractivity contribution in [2.45, 2.75) is 71.7 Å². The third-order valence-electron chi connectivity index (χ3n) is 9.84. The summed E-state index contributed by atoms with van der Waals surface area (Å²) in [4.78, 5) is 64.0. The Morgan fingerprint density at radius 1 is 0.776 bits per heavy atom. The number of benzene rings is 3. The van der Waals surface area contributed by atoms with Crippen molar-refractivity contribution in [1.29, 1.82) is 0 Å². The molecule has 1 saturated heterocycles. The van der Waals surface area contributed by atoms with Crippen molar-refractivity contribution in [3.05, 3.63) is 112 Å². The van der Waals surface area contributed by atoms with Crippen LogP contribution >= 0.6 is 0 Å². The first-order chi connectivity index (χ1) is 27.8. The van der Waals surface area contributed by atoms with Gasteiger partial charge in [0.05, 0.1) is 39.0 Å². The zero-order valence-corrected chi connectivity index (χ0v) is 33.8. The van der Waals surface area contributed by atoms with E-state index in [1.54, 1.807) is 55.8 Å². The van der Waals surface area contributed by atoms with E-state index in [-0.39, 0.29) is 29.6 Å². The van der Waals surface area contributed by atoms with E-state index in [1.807, 2.05) is 78.9 Å². The lowest BCUT2D eigenvalue weighted by Gasteiger charge is -2.37. The number of ether oxygens (including phenoxy) is 6. The van der Waals surface area contributed by atoms with Gasteiger partial charge in [0.1, 0.15) is 23.2 Å². The smallest absolute Gasteiger partial charge is 0.308 e. The van der Waals surface area contributed by atoms with Crippen molar-refractivity contribution in [1.82, 2.24) is 19.5 Å². The van der Waals surface area contributed by atoms with E-state index in [2.05, 4.69) is 20.3 Å². The first-order valence-corrected chi connectivity index (χ1v) is 19.1. The number of imidazole rings is 1. The Morgan fingerprint density at radius 3 is 1.83 bits per heavy atom. The summed E-state index contributed by atoms with van der Waals surface area (Å²) in [5, 5.41) is 2.62. The predicted molar refractivity (Wildman–Crippen MR) is 213 cm³/mol. The topological polar surface area (TPSA) is 182 Å². The van der Waals surface area contributed by atoms with Gasteiger partial charge < -0.3 is 28.4 Å². The molecule has 4 atom stereocenters. The molecule has 1 aliphatic rings. The molecule has 6 rings (SSSR count). The first kappa shape index (κ1) is 41.6. The van der Waals surface area contributed by atoms with Gasteiger partial charge in [-0.05, 0) is 41.0 Å². The molecule has 3 heterocycles. The largest absolute Gasteiger partial charge is 0.497 e. The van der Waals surface area contributed by atoms with Gasteiger partial charge in [-0.15, -0.1) is 0 Å². The number of nitrogens with zero attached hydrogens (tertiary/aromatic N) is 3. The molecular formula is C43H49N5O10. The first-order valence-electron chi connectivity index (χ1n) is 19.1. The number of carbonyl (C=O) groups excluding carboxylic acids is 3. The maximum atomic E-state index is 13.4. The van der Waals surface area contributed by atoms with Gasteiger partial charge in [-0.1, -0.05) is 96.1 Å². The number of aromatic amines is 1. The second-order valence-corrected chi connectivity index (χ2v) is 14.9. The molecular weight excluding hydrogens is 746 g/mol. The number of rotatable bonds is 15. The van der Waals surface area contributed by atoms with Crippen LogP contribution in [-0.4, -0.2) is 76.5 Å². The zero-order chi connectivity index (χ0) is 41.7. The third-order valence-corrected chi connectivity index (χ3v) is 9.84. The number of anilines is 1. The molecule has 0 unspecified atom stereocenters. The van der Waals surface area contributed by atoms with Crippen molar-refractivity contribution in [2.24, 2.45) is 17.8 Å². The minimum absolute atomic E-state index is 0.0315. The summed E-state index contributed by atoms with van der Waals surface area (Å²) in [6.45, 7) is 9.94. The lowest BCUT2D eigenvalue weighted by molar-refractivity contribution is -0.173. The van der Waals surface area contributed by atoms with E-state index >= 15 is 0 Å². The quantitative estimate of drug-likeness (QED) is 0.0966. The van der Waals surface area contributed by atoms with Gasteiger partial charge in [0.15, 0.2) is 29.6 Å². The average molecular weight is 796 g/mol. The molecule has 306 valence electrons. The highest BCUT2D eigenvalue weighted by molar-refractivity contribution is 5.91. The average Bonchev–Trinajstić information content (AvgIpc) is 3.79. The number of H-pyrrole nitrogens is 1. The van der Waals surface area contributed by atoms with Gasteiger partial charge >= 0.3 is 11.9 Å². The van der Waals surface area contributed by atoms with Crippen LogP contribution in [0.3, 0.4) is 0 Å². The molecule has 15 heteroatoms. The number of esters is 2. The van der Waals surface area contributed by atoms with Crippen LogP contribution in [0.15, 0.2) is 90.0 Å². The predicted octanol–water partition coefficient (Wildman–Crippen LogP) is 5.77. The number of hydrogen-bond donors (Lipinski definition) is 2.